The Bertz CT molecular complexity index is 421. The highest BCUT2D eigenvalue weighted by Crippen LogP contribution is 2.16. The molecule has 0 aromatic carbocycles. The van der Waals surface area contributed by atoms with E-state index in [2.05, 4.69) is 53.1 Å². The topological polar surface area (TPSA) is 31.4 Å². The third-order valence-electron chi connectivity index (χ3n) is 4.26. The van der Waals surface area contributed by atoms with E-state index in [1.54, 1.807) is 0 Å². The maximum Gasteiger partial charge on any atom is 0.0564 e. The molecule has 1 unspecified atom stereocenters. The van der Waals surface area contributed by atoms with Crippen molar-refractivity contribution in [2.45, 2.75) is 45.7 Å². The normalized spacial score (nSPS) is 21.2. The van der Waals surface area contributed by atoms with E-state index in [0.29, 0.717) is 6.04 Å². The third kappa shape index (κ3) is 4.97. The van der Waals surface area contributed by atoms with E-state index in [9.17, 15) is 0 Å². The van der Waals surface area contributed by atoms with Gasteiger partial charge in [0.15, 0.2) is 0 Å². The molecule has 1 aromatic heterocycles. The van der Waals surface area contributed by atoms with E-state index in [0.717, 1.165) is 19.5 Å². The van der Waals surface area contributed by atoms with E-state index in [4.69, 9.17) is 0 Å². The first kappa shape index (κ1) is 16.2. The number of anilines is 1. The molecule has 1 aliphatic heterocycles. The largest absolute Gasteiger partial charge is 0.385 e. The third-order valence-corrected chi connectivity index (χ3v) is 4.26. The van der Waals surface area contributed by atoms with Crippen molar-refractivity contribution in [3.8, 4) is 0 Å². The maximum absolute atomic E-state index is 4.56. The monoisotopic (exact) mass is 290 g/mol. The second kappa shape index (κ2) is 8.35. The number of nitrogens with zero attached hydrogens (tertiary/aromatic N) is 3. The molecule has 2 rings (SSSR count). The summed E-state index contributed by atoms with van der Waals surface area (Å²) in [6, 6.07) is 4.91. The van der Waals surface area contributed by atoms with Gasteiger partial charge in [0, 0.05) is 44.1 Å². The van der Waals surface area contributed by atoms with Crippen molar-refractivity contribution in [1.82, 2.24) is 14.8 Å². The smallest absolute Gasteiger partial charge is 0.0564 e. The van der Waals surface area contributed by atoms with Crippen LogP contribution in [0.25, 0.3) is 0 Å². The fourth-order valence-corrected chi connectivity index (χ4v) is 3.04. The standard InChI is InChI=1S/C17H30N4/c1-4-8-18-15-7-9-19-16(12-15)13-21-11-6-10-20(3)14-17(21)5-2/h7,9,12,17H,4-6,8,10-11,13-14H2,1-3H3,(H,18,19). The van der Waals surface area contributed by atoms with E-state index >= 15 is 0 Å². The number of aromatic nitrogens is 1. The Morgan fingerprint density at radius 1 is 1.33 bits per heavy atom. The summed E-state index contributed by atoms with van der Waals surface area (Å²) < 4.78 is 0. The first-order chi connectivity index (χ1) is 10.2. The minimum atomic E-state index is 0.645. The molecule has 21 heavy (non-hydrogen) atoms. The Balaban J connectivity index is 2.01. The average Bonchev–Trinajstić information content (AvgIpc) is 2.67. The summed E-state index contributed by atoms with van der Waals surface area (Å²) in [4.78, 5) is 9.63. The van der Waals surface area contributed by atoms with Gasteiger partial charge in [0.25, 0.3) is 0 Å². The molecule has 1 atom stereocenters. The van der Waals surface area contributed by atoms with Gasteiger partial charge in [-0.05, 0) is 45.0 Å². The summed E-state index contributed by atoms with van der Waals surface area (Å²) in [5, 5.41) is 3.45. The summed E-state index contributed by atoms with van der Waals surface area (Å²) in [7, 11) is 2.24. The van der Waals surface area contributed by atoms with Crippen LogP contribution in [-0.4, -0.2) is 54.1 Å². The molecule has 1 aromatic rings. The first-order valence-electron chi connectivity index (χ1n) is 8.34. The Morgan fingerprint density at radius 3 is 2.95 bits per heavy atom. The van der Waals surface area contributed by atoms with Crippen LogP contribution in [0, 0.1) is 0 Å². The average molecular weight is 290 g/mol. The van der Waals surface area contributed by atoms with E-state index in [1.807, 2.05) is 6.20 Å². The van der Waals surface area contributed by atoms with E-state index < -0.39 is 0 Å². The molecule has 4 heteroatoms. The highest BCUT2D eigenvalue weighted by Gasteiger charge is 2.22. The predicted octanol–water partition coefficient (Wildman–Crippen LogP) is 2.82. The van der Waals surface area contributed by atoms with Crippen LogP contribution >= 0.6 is 0 Å². The zero-order chi connectivity index (χ0) is 15.1. The van der Waals surface area contributed by atoms with Crippen LogP contribution in [0.4, 0.5) is 5.69 Å². The molecular formula is C17H30N4. The number of likely N-dealkylation sites (N-methyl/N-ethyl adjacent to an activating group) is 1. The van der Waals surface area contributed by atoms with Crippen LogP contribution in [0.15, 0.2) is 18.3 Å². The van der Waals surface area contributed by atoms with Gasteiger partial charge in [0.05, 0.1) is 5.69 Å². The Labute approximate surface area is 129 Å². The van der Waals surface area contributed by atoms with Crippen molar-refractivity contribution in [1.29, 1.82) is 0 Å². The number of nitrogens with one attached hydrogen (secondary N) is 1. The van der Waals surface area contributed by atoms with Crippen molar-refractivity contribution in [2.24, 2.45) is 0 Å². The van der Waals surface area contributed by atoms with Gasteiger partial charge in [0.2, 0.25) is 0 Å². The molecule has 0 spiro atoms. The summed E-state index contributed by atoms with van der Waals surface area (Å²) in [5.74, 6) is 0. The molecule has 0 amide bonds. The highest BCUT2D eigenvalue weighted by atomic mass is 15.2. The van der Waals surface area contributed by atoms with Gasteiger partial charge in [-0.1, -0.05) is 13.8 Å². The molecule has 4 nitrogen and oxygen atoms in total. The number of pyridine rings is 1. The lowest BCUT2D eigenvalue weighted by Gasteiger charge is -2.29. The number of hydrogen-bond acceptors (Lipinski definition) is 4. The van der Waals surface area contributed by atoms with Crippen LogP contribution in [0.3, 0.4) is 0 Å². The minimum Gasteiger partial charge on any atom is -0.385 e. The van der Waals surface area contributed by atoms with Gasteiger partial charge in [-0.25, -0.2) is 0 Å². The fraction of sp³-hybridized carbons (Fsp3) is 0.706. The van der Waals surface area contributed by atoms with Crippen LogP contribution in [-0.2, 0) is 6.54 Å². The molecule has 0 bridgehead atoms. The predicted molar refractivity (Wildman–Crippen MR) is 89.6 cm³/mol. The van der Waals surface area contributed by atoms with Crippen molar-refractivity contribution in [3.63, 3.8) is 0 Å². The van der Waals surface area contributed by atoms with Crippen LogP contribution < -0.4 is 5.32 Å². The molecular weight excluding hydrogens is 260 g/mol. The molecule has 0 radical (unpaired) electrons. The fourth-order valence-electron chi connectivity index (χ4n) is 3.04. The zero-order valence-electron chi connectivity index (χ0n) is 13.8. The zero-order valence-corrected chi connectivity index (χ0v) is 13.8. The summed E-state index contributed by atoms with van der Waals surface area (Å²) >= 11 is 0. The van der Waals surface area contributed by atoms with Crippen molar-refractivity contribution >= 4 is 5.69 Å². The van der Waals surface area contributed by atoms with Crippen LogP contribution in [0.2, 0.25) is 0 Å². The molecule has 0 aliphatic carbocycles. The Morgan fingerprint density at radius 2 is 2.19 bits per heavy atom. The second-order valence-corrected chi connectivity index (χ2v) is 6.11. The summed E-state index contributed by atoms with van der Waals surface area (Å²) in [6.45, 7) is 10.0. The van der Waals surface area contributed by atoms with Gasteiger partial charge in [-0.3, -0.25) is 9.88 Å². The highest BCUT2D eigenvalue weighted by molar-refractivity contribution is 5.43. The summed E-state index contributed by atoms with van der Waals surface area (Å²) in [6.07, 6.45) is 5.53. The lowest BCUT2D eigenvalue weighted by atomic mass is 10.1. The Kier molecular flexibility index (Phi) is 6.46. The van der Waals surface area contributed by atoms with Gasteiger partial charge >= 0.3 is 0 Å². The molecule has 1 aliphatic rings. The molecule has 1 saturated heterocycles. The second-order valence-electron chi connectivity index (χ2n) is 6.11. The van der Waals surface area contributed by atoms with Crippen LogP contribution in [0.1, 0.15) is 38.8 Å². The Hall–Kier alpha value is -1.13. The molecule has 2 heterocycles. The van der Waals surface area contributed by atoms with Crippen molar-refractivity contribution < 1.29 is 0 Å². The first-order valence-corrected chi connectivity index (χ1v) is 8.34. The van der Waals surface area contributed by atoms with Gasteiger partial charge < -0.3 is 10.2 Å². The van der Waals surface area contributed by atoms with Crippen LogP contribution in [0.5, 0.6) is 0 Å². The number of hydrogen-bond donors (Lipinski definition) is 1. The van der Waals surface area contributed by atoms with Gasteiger partial charge in [-0.15, -0.1) is 0 Å². The molecule has 1 N–H and O–H groups in total. The van der Waals surface area contributed by atoms with E-state index in [-0.39, 0.29) is 0 Å². The summed E-state index contributed by atoms with van der Waals surface area (Å²) in [5.41, 5.74) is 2.38. The maximum atomic E-state index is 4.56. The number of rotatable bonds is 6. The van der Waals surface area contributed by atoms with E-state index in [1.165, 1.54) is 43.9 Å². The molecule has 118 valence electrons. The van der Waals surface area contributed by atoms with Crippen molar-refractivity contribution in [2.75, 3.05) is 38.5 Å². The molecule has 0 saturated carbocycles. The van der Waals surface area contributed by atoms with Crippen molar-refractivity contribution in [3.05, 3.63) is 24.0 Å². The minimum absolute atomic E-state index is 0.645. The molecule has 1 fully saturated rings. The van der Waals surface area contributed by atoms with Gasteiger partial charge in [0.1, 0.15) is 0 Å². The lowest BCUT2D eigenvalue weighted by molar-refractivity contribution is 0.174. The van der Waals surface area contributed by atoms with Gasteiger partial charge in [-0.2, -0.15) is 0 Å². The SMILES string of the molecule is CCCNc1ccnc(CN2CCCN(C)CC2CC)c1. The quantitative estimate of drug-likeness (QED) is 0.873. The lowest BCUT2D eigenvalue weighted by Crippen LogP contribution is -2.39.